The Morgan fingerprint density at radius 3 is 2.71 bits per heavy atom. The van der Waals surface area contributed by atoms with E-state index in [1.807, 2.05) is 6.07 Å². The van der Waals surface area contributed by atoms with E-state index in [2.05, 4.69) is 4.98 Å². The van der Waals surface area contributed by atoms with Crippen molar-refractivity contribution in [1.82, 2.24) is 4.98 Å². The molecule has 4 nitrogen and oxygen atoms in total. The molecule has 84 valence electrons. The van der Waals surface area contributed by atoms with Gasteiger partial charge in [0.05, 0.1) is 11.9 Å². The minimum absolute atomic E-state index is 0.0426. The lowest BCUT2D eigenvalue weighted by Gasteiger charge is -2.08. The van der Waals surface area contributed by atoms with Gasteiger partial charge in [0.1, 0.15) is 17.5 Å². The van der Waals surface area contributed by atoms with Crippen LogP contribution in [0.15, 0.2) is 36.5 Å². The monoisotopic (exact) mass is 229 g/mol. The molecule has 1 heterocycles. The van der Waals surface area contributed by atoms with Crippen molar-refractivity contribution in [2.45, 2.75) is 0 Å². The predicted molar refractivity (Wildman–Crippen MR) is 59.8 cm³/mol. The number of nitrogens with two attached hydrogens (primary N) is 1. The number of hydrogen-bond donors (Lipinski definition) is 1. The number of halogens is 1. The lowest BCUT2D eigenvalue weighted by atomic mass is 10.3. The molecule has 0 saturated carbocycles. The van der Waals surface area contributed by atoms with E-state index in [4.69, 9.17) is 15.7 Å². The van der Waals surface area contributed by atoms with Crippen LogP contribution in [0, 0.1) is 17.1 Å². The molecule has 0 bridgehead atoms. The van der Waals surface area contributed by atoms with Crippen molar-refractivity contribution >= 4 is 5.69 Å². The summed E-state index contributed by atoms with van der Waals surface area (Å²) in [6.07, 6.45) is 1.34. The smallest absolute Gasteiger partial charge is 0.185 e. The third kappa shape index (κ3) is 2.32. The zero-order valence-corrected chi connectivity index (χ0v) is 8.72. The quantitative estimate of drug-likeness (QED) is 0.803. The van der Waals surface area contributed by atoms with Crippen molar-refractivity contribution in [2.24, 2.45) is 0 Å². The topological polar surface area (TPSA) is 71.9 Å². The third-order valence-electron chi connectivity index (χ3n) is 2.07. The molecule has 0 spiro atoms. The molecule has 0 saturated heterocycles. The fraction of sp³-hybridized carbons (Fsp3) is 0. The molecule has 17 heavy (non-hydrogen) atoms. The van der Waals surface area contributed by atoms with Gasteiger partial charge in [0.15, 0.2) is 11.6 Å². The average Bonchev–Trinajstić information content (AvgIpc) is 2.35. The summed E-state index contributed by atoms with van der Waals surface area (Å²) >= 11 is 0. The molecule has 1 aromatic carbocycles. The van der Waals surface area contributed by atoms with Gasteiger partial charge < -0.3 is 10.5 Å². The molecular formula is C12H8FN3O. The molecule has 0 fully saturated rings. The van der Waals surface area contributed by atoms with Gasteiger partial charge in [-0.25, -0.2) is 9.37 Å². The first-order chi connectivity index (χ1) is 8.20. The van der Waals surface area contributed by atoms with E-state index in [0.29, 0.717) is 5.75 Å². The van der Waals surface area contributed by atoms with Gasteiger partial charge in [-0.1, -0.05) is 6.07 Å². The number of nitrogens with zero attached hydrogens (tertiary/aromatic N) is 2. The highest BCUT2D eigenvalue weighted by molar-refractivity contribution is 5.54. The van der Waals surface area contributed by atoms with Crippen LogP contribution in [0.2, 0.25) is 0 Å². The number of benzene rings is 1. The first kappa shape index (κ1) is 10.9. The normalized spacial score (nSPS) is 9.65. The highest BCUT2D eigenvalue weighted by Crippen LogP contribution is 2.29. The van der Waals surface area contributed by atoms with Crippen LogP contribution in [0.1, 0.15) is 5.69 Å². The maximum Gasteiger partial charge on any atom is 0.185 e. The minimum Gasteiger partial charge on any atom is -0.450 e. The molecule has 5 heteroatoms. The summed E-state index contributed by atoms with van der Waals surface area (Å²) in [7, 11) is 0. The maximum atomic E-state index is 13.4. The zero-order chi connectivity index (χ0) is 12.3. The van der Waals surface area contributed by atoms with E-state index in [1.54, 1.807) is 0 Å². The number of anilines is 1. The van der Waals surface area contributed by atoms with E-state index in [1.165, 1.54) is 36.5 Å². The van der Waals surface area contributed by atoms with Crippen molar-refractivity contribution < 1.29 is 9.13 Å². The van der Waals surface area contributed by atoms with Crippen LogP contribution in [0.25, 0.3) is 0 Å². The minimum atomic E-state index is -0.547. The maximum absolute atomic E-state index is 13.4. The molecule has 0 aliphatic rings. The van der Waals surface area contributed by atoms with Crippen molar-refractivity contribution in [3.63, 3.8) is 0 Å². The summed E-state index contributed by atoms with van der Waals surface area (Å²) in [5.41, 5.74) is 6.05. The summed E-state index contributed by atoms with van der Waals surface area (Å²) in [6.45, 7) is 0. The van der Waals surface area contributed by atoms with Gasteiger partial charge in [0.2, 0.25) is 0 Å². The number of para-hydroxylation sites is 1. The van der Waals surface area contributed by atoms with Gasteiger partial charge in [-0.3, -0.25) is 0 Å². The number of nitriles is 1. The number of ether oxygens (including phenoxy) is 1. The number of aromatic nitrogens is 1. The van der Waals surface area contributed by atoms with Crippen molar-refractivity contribution in [3.8, 4) is 17.6 Å². The number of nitrogen functional groups attached to an aromatic ring is 1. The Morgan fingerprint density at radius 1 is 1.29 bits per heavy atom. The van der Waals surface area contributed by atoms with Crippen LogP contribution in [0.4, 0.5) is 10.1 Å². The Kier molecular flexibility index (Phi) is 2.88. The second kappa shape index (κ2) is 4.49. The van der Waals surface area contributed by atoms with E-state index in [0.717, 1.165) is 0 Å². The lowest BCUT2D eigenvalue weighted by Crippen LogP contribution is -1.95. The second-order valence-electron chi connectivity index (χ2n) is 3.25. The van der Waals surface area contributed by atoms with Crippen LogP contribution < -0.4 is 10.5 Å². The van der Waals surface area contributed by atoms with Gasteiger partial charge in [0, 0.05) is 0 Å². The van der Waals surface area contributed by atoms with Gasteiger partial charge in [-0.15, -0.1) is 0 Å². The average molecular weight is 229 g/mol. The fourth-order valence-electron chi connectivity index (χ4n) is 1.26. The lowest BCUT2D eigenvalue weighted by molar-refractivity contribution is 0.443. The largest absolute Gasteiger partial charge is 0.450 e. The Balaban J connectivity index is 2.29. The van der Waals surface area contributed by atoms with E-state index in [9.17, 15) is 4.39 Å². The van der Waals surface area contributed by atoms with E-state index < -0.39 is 5.82 Å². The first-order valence-corrected chi connectivity index (χ1v) is 4.78. The Labute approximate surface area is 97.1 Å². The molecule has 0 amide bonds. The van der Waals surface area contributed by atoms with Crippen molar-refractivity contribution in [3.05, 3.63) is 48.0 Å². The number of hydrogen-bond acceptors (Lipinski definition) is 4. The predicted octanol–water partition coefficient (Wildman–Crippen LogP) is 2.47. The molecule has 0 atom stereocenters. The Bertz CT molecular complexity index is 555. The molecule has 0 unspecified atom stereocenters. The summed E-state index contributed by atoms with van der Waals surface area (Å²) in [4.78, 5) is 3.80. The van der Waals surface area contributed by atoms with Crippen LogP contribution in [-0.2, 0) is 0 Å². The van der Waals surface area contributed by atoms with Crippen LogP contribution in [-0.4, -0.2) is 4.98 Å². The molecule has 0 aliphatic carbocycles. The highest BCUT2D eigenvalue weighted by atomic mass is 19.1. The molecule has 0 aliphatic heterocycles. The standard InChI is InChI=1S/C12H8FN3O/c13-10-2-1-3-11(15)12(10)17-9-5-4-8(6-14)16-7-9/h1-5,7H,15H2. The molecule has 2 N–H and O–H groups in total. The van der Waals surface area contributed by atoms with Gasteiger partial charge in [-0.2, -0.15) is 5.26 Å². The van der Waals surface area contributed by atoms with Crippen LogP contribution in [0.3, 0.4) is 0 Å². The summed E-state index contributed by atoms with van der Waals surface area (Å²) < 4.78 is 18.7. The van der Waals surface area contributed by atoms with Crippen molar-refractivity contribution in [2.75, 3.05) is 5.73 Å². The molecular weight excluding hydrogens is 221 g/mol. The number of rotatable bonds is 2. The zero-order valence-electron chi connectivity index (χ0n) is 8.72. The van der Waals surface area contributed by atoms with Gasteiger partial charge in [0.25, 0.3) is 0 Å². The van der Waals surface area contributed by atoms with Crippen LogP contribution in [0.5, 0.6) is 11.5 Å². The summed E-state index contributed by atoms with van der Waals surface area (Å²) in [5.74, 6) is -0.269. The fourth-order valence-corrected chi connectivity index (χ4v) is 1.26. The molecule has 2 aromatic rings. The van der Waals surface area contributed by atoms with Gasteiger partial charge >= 0.3 is 0 Å². The first-order valence-electron chi connectivity index (χ1n) is 4.78. The molecule has 1 aromatic heterocycles. The molecule has 2 rings (SSSR count). The van der Waals surface area contributed by atoms with Crippen molar-refractivity contribution in [1.29, 1.82) is 5.26 Å². The highest BCUT2D eigenvalue weighted by Gasteiger charge is 2.08. The number of pyridine rings is 1. The molecule has 0 radical (unpaired) electrons. The SMILES string of the molecule is N#Cc1ccc(Oc2c(N)cccc2F)cn1. The summed E-state index contributed by atoms with van der Waals surface area (Å²) in [6, 6.07) is 9.16. The summed E-state index contributed by atoms with van der Waals surface area (Å²) in [5, 5.41) is 8.57. The third-order valence-corrected chi connectivity index (χ3v) is 2.07. The Hall–Kier alpha value is -2.61. The van der Waals surface area contributed by atoms with E-state index in [-0.39, 0.29) is 17.1 Å². The van der Waals surface area contributed by atoms with Gasteiger partial charge in [-0.05, 0) is 24.3 Å². The second-order valence-corrected chi connectivity index (χ2v) is 3.25. The Morgan fingerprint density at radius 2 is 2.12 bits per heavy atom. The van der Waals surface area contributed by atoms with E-state index >= 15 is 0 Å². The van der Waals surface area contributed by atoms with Crippen LogP contribution >= 0.6 is 0 Å².